The molecule has 0 radical (unpaired) electrons. The van der Waals surface area contributed by atoms with Gasteiger partial charge < -0.3 is 15.4 Å². The monoisotopic (exact) mass is 292 g/mol. The van der Waals surface area contributed by atoms with Crippen molar-refractivity contribution in [1.29, 1.82) is 0 Å². The zero-order chi connectivity index (χ0) is 14.7. The predicted octanol–water partition coefficient (Wildman–Crippen LogP) is 1.39. The van der Waals surface area contributed by atoms with Crippen LogP contribution in [0.3, 0.4) is 0 Å². The van der Waals surface area contributed by atoms with Crippen LogP contribution < -0.4 is 10.6 Å². The lowest BCUT2D eigenvalue weighted by Gasteiger charge is -2.28. The third-order valence-corrected chi connectivity index (χ3v) is 4.37. The van der Waals surface area contributed by atoms with Crippen molar-refractivity contribution in [3.8, 4) is 0 Å². The summed E-state index contributed by atoms with van der Waals surface area (Å²) >= 11 is 0. The van der Waals surface area contributed by atoms with Crippen molar-refractivity contribution in [3.05, 3.63) is 12.4 Å². The van der Waals surface area contributed by atoms with Gasteiger partial charge >= 0.3 is 0 Å². The van der Waals surface area contributed by atoms with E-state index in [9.17, 15) is 4.79 Å². The molecule has 0 bridgehead atoms. The van der Waals surface area contributed by atoms with Crippen LogP contribution in [-0.4, -0.2) is 41.0 Å². The number of hydrogen-bond acceptors (Lipinski definition) is 4. The van der Waals surface area contributed by atoms with Crippen molar-refractivity contribution in [3.63, 3.8) is 0 Å². The van der Waals surface area contributed by atoms with Gasteiger partial charge in [0.2, 0.25) is 5.91 Å². The van der Waals surface area contributed by atoms with E-state index in [1.54, 1.807) is 6.20 Å². The van der Waals surface area contributed by atoms with E-state index in [0.717, 1.165) is 51.1 Å². The largest absolute Gasteiger partial charge is 0.376 e. The fraction of sp³-hybridized carbons (Fsp3) is 0.733. The zero-order valence-electron chi connectivity index (χ0n) is 12.5. The van der Waals surface area contributed by atoms with Gasteiger partial charge in [0.15, 0.2) is 0 Å². The molecule has 3 heterocycles. The highest BCUT2D eigenvalue weighted by molar-refractivity contribution is 5.94. The standard InChI is InChI=1S/C15H24N4O2/c1-11-4-2-6-16-14(11)15(20)18-12-8-17-19(9-12)10-13-5-3-7-21-13/h8-9,11,13-14,16H,2-7,10H2,1H3,(H,18,20). The number of carbonyl (C=O) groups excluding carboxylic acids is 1. The Morgan fingerprint density at radius 1 is 1.52 bits per heavy atom. The van der Waals surface area contributed by atoms with Gasteiger partial charge in [-0.2, -0.15) is 5.10 Å². The number of nitrogens with zero attached hydrogens (tertiary/aromatic N) is 2. The second-order valence-electron chi connectivity index (χ2n) is 6.13. The van der Waals surface area contributed by atoms with E-state index in [-0.39, 0.29) is 18.1 Å². The maximum Gasteiger partial charge on any atom is 0.241 e. The van der Waals surface area contributed by atoms with Crippen molar-refractivity contribution >= 4 is 11.6 Å². The van der Waals surface area contributed by atoms with Crippen LogP contribution in [0.2, 0.25) is 0 Å². The molecule has 1 aromatic heterocycles. The Bertz CT molecular complexity index is 482. The second-order valence-corrected chi connectivity index (χ2v) is 6.13. The van der Waals surface area contributed by atoms with Gasteiger partial charge in [-0.3, -0.25) is 9.48 Å². The Morgan fingerprint density at radius 3 is 3.19 bits per heavy atom. The topological polar surface area (TPSA) is 68.2 Å². The van der Waals surface area contributed by atoms with E-state index in [1.165, 1.54) is 0 Å². The molecule has 116 valence electrons. The minimum Gasteiger partial charge on any atom is -0.376 e. The van der Waals surface area contributed by atoms with Gasteiger partial charge in [0.05, 0.1) is 30.6 Å². The molecule has 0 saturated carbocycles. The number of hydrogen-bond donors (Lipinski definition) is 2. The summed E-state index contributed by atoms with van der Waals surface area (Å²) in [6.45, 7) is 4.65. The van der Waals surface area contributed by atoms with Crippen molar-refractivity contribution in [2.45, 2.75) is 51.3 Å². The molecule has 2 aliphatic heterocycles. The highest BCUT2D eigenvalue weighted by Gasteiger charge is 2.27. The first-order valence-corrected chi connectivity index (χ1v) is 7.90. The molecule has 3 atom stereocenters. The molecular formula is C15H24N4O2. The first kappa shape index (κ1) is 14.5. The number of aromatic nitrogens is 2. The fourth-order valence-electron chi connectivity index (χ4n) is 3.15. The van der Waals surface area contributed by atoms with E-state index in [2.05, 4.69) is 22.7 Å². The summed E-state index contributed by atoms with van der Waals surface area (Å²) < 4.78 is 7.45. The molecule has 6 nitrogen and oxygen atoms in total. The predicted molar refractivity (Wildman–Crippen MR) is 80.0 cm³/mol. The van der Waals surface area contributed by atoms with Crippen LogP contribution in [-0.2, 0) is 16.1 Å². The number of rotatable bonds is 4. The molecule has 21 heavy (non-hydrogen) atoms. The zero-order valence-corrected chi connectivity index (χ0v) is 12.5. The molecule has 2 N–H and O–H groups in total. The van der Waals surface area contributed by atoms with Gasteiger partial charge in [-0.05, 0) is 38.1 Å². The first-order chi connectivity index (χ1) is 10.2. The quantitative estimate of drug-likeness (QED) is 0.880. The van der Waals surface area contributed by atoms with Gasteiger partial charge in [-0.1, -0.05) is 6.92 Å². The van der Waals surface area contributed by atoms with Crippen LogP contribution in [0.25, 0.3) is 0 Å². The van der Waals surface area contributed by atoms with Gasteiger partial charge in [-0.15, -0.1) is 0 Å². The van der Waals surface area contributed by atoms with Crippen LogP contribution in [0.4, 0.5) is 5.69 Å². The summed E-state index contributed by atoms with van der Waals surface area (Å²) in [5.41, 5.74) is 0.762. The van der Waals surface area contributed by atoms with Gasteiger partial charge in [0, 0.05) is 12.8 Å². The second kappa shape index (κ2) is 6.58. The molecule has 6 heteroatoms. The lowest BCUT2D eigenvalue weighted by Crippen LogP contribution is -2.48. The molecule has 0 spiro atoms. The minimum atomic E-state index is -0.0970. The van der Waals surface area contributed by atoms with E-state index in [0.29, 0.717) is 5.92 Å². The lowest BCUT2D eigenvalue weighted by atomic mass is 9.92. The number of nitrogens with one attached hydrogen (secondary N) is 2. The molecule has 0 aliphatic carbocycles. The van der Waals surface area contributed by atoms with E-state index in [4.69, 9.17) is 4.74 Å². The molecule has 3 unspecified atom stereocenters. The lowest BCUT2D eigenvalue weighted by molar-refractivity contribution is -0.119. The Morgan fingerprint density at radius 2 is 2.43 bits per heavy atom. The van der Waals surface area contributed by atoms with E-state index < -0.39 is 0 Å². The molecule has 0 aromatic carbocycles. The van der Waals surface area contributed by atoms with E-state index >= 15 is 0 Å². The number of piperidine rings is 1. The Hall–Kier alpha value is -1.40. The van der Waals surface area contributed by atoms with Crippen LogP contribution in [0, 0.1) is 5.92 Å². The molecule has 2 fully saturated rings. The molecule has 1 amide bonds. The first-order valence-electron chi connectivity index (χ1n) is 7.90. The third kappa shape index (κ3) is 3.63. The van der Waals surface area contributed by atoms with Crippen molar-refractivity contribution in [1.82, 2.24) is 15.1 Å². The van der Waals surface area contributed by atoms with Crippen molar-refractivity contribution in [2.75, 3.05) is 18.5 Å². The number of carbonyl (C=O) groups is 1. The van der Waals surface area contributed by atoms with Gasteiger partial charge in [-0.25, -0.2) is 0 Å². The van der Waals surface area contributed by atoms with Gasteiger partial charge in [0.1, 0.15) is 0 Å². The summed E-state index contributed by atoms with van der Waals surface area (Å²) in [7, 11) is 0. The summed E-state index contributed by atoms with van der Waals surface area (Å²) in [5, 5.41) is 10.6. The van der Waals surface area contributed by atoms with E-state index in [1.807, 2.05) is 10.9 Å². The number of ether oxygens (including phenoxy) is 1. The number of anilines is 1. The fourth-order valence-corrected chi connectivity index (χ4v) is 3.15. The number of amides is 1. The highest BCUT2D eigenvalue weighted by atomic mass is 16.5. The smallest absolute Gasteiger partial charge is 0.241 e. The molecule has 3 rings (SSSR count). The van der Waals surface area contributed by atoms with Crippen LogP contribution in [0.5, 0.6) is 0 Å². The van der Waals surface area contributed by atoms with Gasteiger partial charge in [0.25, 0.3) is 0 Å². The molecule has 2 saturated heterocycles. The maximum absolute atomic E-state index is 12.3. The Balaban J connectivity index is 1.54. The molecular weight excluding hydrogens is 268 g/mol. The Labute approximate surface area is 125 Å². The summed E-state index contributed by atoms with van der Waals surface area (Å²) in [6, 6.07) is -0.0970. The third-order valence-electron chi connectivity index (χ3n) is 4.37. The normalized spacial score (nSPS) is 29.5. The van der Waals surface area contributed by atoms with Crippen LogP contribution in [0.15, 0.2) is 12.4 Å². The van der Waals surface area contributed by atoms with Crippen molar-refractivity contribution in [2.24, 2.45) is 5.92 Å². The SMILES string of the molecule is CC1CCCNC1C(=O)Nc1cnn(CC2CCCO2)c1. The molecule has 1 aromatic rings. The molecule has 2 aliphatic rings. The summed E-state index contributed by atoms with van der Waals surface area (Å²) in [6.07, 6.45) is 8.31. The summed E-state index contributed by atoms with van der Waals surface area (Å²) in [5.74, 6) is 0.416. The van der Waals surface area contributed by atoms with Crippen molar-refractivity contribution < 1.29 is 9.53 Å². The van der Waals surface area contributed by atoms with Crippen LogP contribution in [0.1, 0.15) is 32.6 Å². The highest BCUT2D eigenvalue weighted by Crippen LogP contribution is 2.18. The Kier molecular flexibility index (Phi) is 4.55. The van der Waals surface area contributed by atoms with Crippen LogP contribution >= 0.6 is 0 Å². The minimum absolute atomic E-state index is 0.0406. The maximum atomic E-state index is 12.3. The summed E-state index contributed by atoms with van der Waals surface area (Å²) in [4.78, 5) is 12.3. The average Bonchev–Trinajstić information content (AvgIpc) is 3.12. The average molecular weight is 292 g/mol.